The molecule has 12 heteroatoms. The molecule has 0 atom stereocenters. The van der Waals surface area contributed by atoms with Crippen LogP contribution in [0, 0.1) is 0 Å². The SMILES string of the molecule is CCOc1cc(C=NNC(=O)CSc2nnc(-c3ccccc3)s2)cc(Br)c1OCC(=O)N1CCCCC1. The van der Waals surface area contributed by atoms with Crippen molar-refractivity contribution in [3.05, 3.63) is 52.5 Å². The highest BCUT2D eigenvalue weighted by Crippen LogP contribution is 2.36. The smallest absolute Gasteiger partial charge is 0.260 e. The van der Waals surface area contributed by atoms with Gasteiger partial charge < -0.3 is 14.4 Å². The first-order chi connectivity index (χ1) is 18.5. The van der Waals surface area contributed by atoms with Crippen LogP contribution in [0.5, 0.6) is 11.5 Å². The third-order valence-corrected chi connectivity index (χ3v) is 8.23. The number of piperidine rings is 1. The second-order valence-electron chi connectivity index (χ2n) is 8.31. The lowest BCUT2D eigenvalue weighted by Crippen LogP contribution is -2.38. The second kappa shape index (κ2) is 14.3. The largest absolute Gasteiger partial charge is 0.490 e. The van der Waals surface area contributed by atoms with Crippen molar-refractivity contribution >= 4 is 57.1 Å². The van der Waals surface area contributed by atoms with E-state index in [2.05, 4.69) is 36.7 Å². The number of benzene rings is 2. The topological polar surface area (TPSA) is 106 Å². The van der Waals surface area contributed by atoms with Crippen LogP contribution in [0.4, 0.5) is 0 Å². The molecule has 1 aliphatic heterocycles. The summed E-state index contributed by atoms with van der Waals surface area (Å²) in [6, 6.07) is 13.3. The van der Waals surface area contributed by atoms with Crippen molar-refractivity contribution in [3.63, 3.8) is 0 Å². The van der Waals surface area contributed by atoms with E-state index >= 15 is 0 Å². The Hall–Kier alpha value is -2.96. The Morgan fingerprint density at radius 1 is 1.16 bits per heavy atom. The molecular formula is C26H28BrN5O4S2. The maximum atomic E-state index is 12.5. The van der Waals surface area contributed by atoms with Gasteiger partial charge in [-0.25, -0.2) is 5.43 Å². The predicted molar refractivity (Wildman–Crippen MR) is 153 cm³/mol. The van der Waals surface area contributed by atoms with Crippen molar-refractivity contribution in [1.82, 2.24) is 20.5 Å². The lowest BCUT2D eigenvalue weighted by Gasteiger charge is -2.26. The van der Waals surface area contributed by atoms with E-state index in [1.54, 1.807) is 12.1 Å². The summed E-state index contributed by atoms with van der Waals surface area (Å²) in [6.07, 6.45) is 4.74. The summed E-state index contributed by atoms with van der Waals surface area (Å²) in [4.78, 5) is 26.6. The van der Waals surface area contributed by atoms with Crippen LogP contribution >= 0.6 is 39.0 Å². The van der Waals surface area contributed by atoms with Gasteiger partial charge in [0, 0.05) is 18.7 Å². The third kappa shape index (κ3) is 8.02. The highest BCUT2D eigenvalue weighted by atomic mass is 79.9. The highest BCUT2D eigenvalue weighted by Gasteiger charge is 2.19. The minimum atomic E-state index is -0.261. The van der Waals surface area contributed by atoms with Crippen molar-refractivity contribution in [2.75, 3.05) is 32.1 Å². The van der Waals surface area contributed by atoms with Crippen LogP contribution in [0.1, 0.15) is 31.7 Å². The molecule has 0 spiro atoms. The molecule has 0 unspecified atom stereocenters. The van der Waals surface area contributed by atoms with E-state index in [9.17, 15) is 9.59 Å². The number of aromatic nitrogens is 2. The Morgan fingerprint density at radius 2 is 1.95 bits per heavy atom. The van der Waals surface area contributed by atoms with Gasteiger partial charge in [-0.3, -0.25) is 9.59 Å². The van der Waals surface area contributed by atoms with Gasteiger partial charge in [-0.2, -0.15) is 5.10 Å². The second-order valence-corrected chi connectivity index (χ2v) is 11.4. The summed E-state index contributed by atoms with van der Waals surface area (Å²) in [5.41, 5.74) is 4.22. The van der Waals surface area contributed by atoms with Gasteiger partial charge in [-0.15, -0.1) is 10.2 Å². The van der Waals surface area contributed by atoms with E-state index in [-0.39, 0.29) is 24.2 Å². The molecule has 0 radical (unpaired) electrons. The van der Waals surface area contributed by atoms with Crippen LogP contribution in [0.3, 0.4) is 0 Å². The number of ether oxygens (including phenoxy) is 2. The van der Waals surface area contributed by atoms with Crippen LogP contribution in [0.2, 0.25) is 0 Å². The maximum absolute atomic E-state index is 12.5. The lowest BCUT2D eigenvalue weighted by molar-refractivity contribution is -0.134. The predicted octanol–water partition coefficient (Wildman–Crippen LogP) is 5.00. The molecule has 9 nitrogen and oxygen atoms in total. The zero-order valence-electron chi connectivity index (χ0n) is 20.9. The molecule has 1 saturated heterocycles. The lowest BCUT2D eigenvalue weighted by atomic mass is 10.1. The summed E-state index contributed by atoms with van der Waals surface area (Å²) in [5.74, 6) is 0.814. The standard InChI is InChI=1S/C26H28BrN5O4S2/c1-2-35-21-14-18(13-20(27)24(21)36-16-23(34)32-11-7-4-8-12-32)15-28-29-22(33)17-37-26-31-30-25(38-26)19-9-5-3-6-10-19/h3,5-6,9-10,13-15H,2,4,7-8,11-12,16-17H2,1H3,(H,29,33). The summed E-state index contributed by atoms with van der Waals surface area (Å²) in [7, 11) is 0. The van der Waals surface area contributed by atoms with E-state index in [0.717, 1.165) is 42.9 Å². The molecule has 2 aromatic carbocycles. The first kappa shape index (κ1) is 28.1. The summed E-state index contributed by atoms with van der Waals surface area (Å²) in [6.45, 7) is 3.79. The Labute approximate surface area is 238 Å². The average molecular weight is 619 g/mol. The van der Waals surface area contributed by atoms with Crippen LogP contribution in [0.15, 0.2) is 56.4 Å². The number of likely N-dealkylation sites (tertiary alicyclic amines) is 1. The number of hydrazone groups is 1. The van der Waals surface area contributed by atoms with Gasteiger partial charge in [-0.05, 0) is 59.8 Å². The maximum Gasteiger partial charge on any atom is 0.260 e. The van der Waals surface area contributed by atoms with E-state index in [0.29, 0.717) is 32.5 Å². The van der Waals surface area contributed by atoms with Crippen LogP contribution < -0.4 is 14.9 Å². The molecule has 1 fully saturated rings. The number of amides is 2. The molecule has 0 saturated carbocycles. The fourth-order valence-corrected chi connectivity index (χ4v) is 5.96. The first-order valence-corrected chi connectivity index (χ1v) is 14.8. The third-order valence-electron chi connectivity index (χ3n) is 5.54. The molecule has 200 valence electrons. The van der Waals surface area contributed by atoms with Crippen molar-refractivity contribution < 1.29 is 19.1 Å². The number of nitrogens with zero attached hydrogens (tertiary/aromatic N) is 4. The first-order valence-electron chi connectivity index (χ1n) is 12.2. The molecule has 0 bridgehead atoms. The van der Waals surface area contributed by atoms with Crippen molar-refractivity contribution in [3.8, 4) is 22.1 Å². The van der Waals surface area contributed by atoms with Gasteiger partial charge in [-0.1, -0.05) is 53.4 Å². The molecule has 3 aromatic rings. The fraction of sp³-hybridized carbons (Fsp3) is 0.346. The molecule has 1 aliphatic rings. The molecule has 1 aromatic heterocycles. The Bertz CT molecular complexity index is 1270. The zero-order chi connectivity index (χ0) is 26.7. The van der Waals surface area contributed by atoms with Crippen LogP contribution in [-0.2, 0) is 9.59 Å². The van der Waals surface area contributed by atoms with Gasteiger partial charge in [0.15, 0.2) is 22.4 Å². The van der Waals surface area contributed by atoms with Crippen LogP contribution in [0.25, 0.3) is 10.6 Å². The van der Waals surface area contributed by atoms with Crippen molar-refractivity contribution in [1.29, 1.82) is 0 Å². The van der Waals surface area contributed by atoms with Crippen LogP contribution in [-0.4, -0.2) is 65.2 Å². The minimum Gasteiger partial charge on any atom is -0.490 e. The minimum absolute atomic E-state index is 0.0323. The number of hydrogen-bond donors (Lipinski definition) is 1. The summed E-state index contributed by atoms with van der Waals surface area (Å²) >= 11 is 6.26. The van der Waals surface area contributed by atoms with Crippen molar-refractivity contribution in [2.24, 2.45) is 5.10 Å². The van der Waals surface area contributed by atoms with E-state index in [1.165, 1.54) is 29.3 Å². The molecule has 38 heavy (non-hydrogen) atoms. The Balaban J connectivity index is 1.30. The van der Waals surface area contributed by atoms with Gasteiger partial charge in [0.2, 0.25) is 0 Å². The van der Waals surface area contributed by atoms with E-state index in [1.807, 2.05) is 42.2 Å². The Morgan fingerprint density at radius 3 is 2.71 bits per heavy atom. The number of carbonyl (C=O) groups excluding carboxylic acids is 2. The summed E-state index contributed by atoms with van der Waals surface area (Å²) in [5, 5.41) is 13.2. The Kier molecular flexibility index (Phi) is 10.5. The average Bonchev–Trinajstić information content (AvgIpc) is 3.42. The molecular weight excluding hydrogens is 590 g/mol. The van der Waals surface area contributed by atoms with Gasteiger partial charge >= 0.3 is 0 Å². The number of carbonyl (C=O) groups is 2. The molecule has 4 rings (SSSR count). The quantitative estimate of drug-likeness (QED) is 0.183. The highest BCUT2D eigenvalue weighted by molar-refractivity contribution is 9.10. The fourth-order valence-electron chi connectivity index (χ4n) is 3.74. The molecule has 2 amide bonds. The van der Waals surface area contributed by atoms with Gasteiger partial charge in [0.1, 0.15) is 5.01 Å². The number of halogens is 1. The normalized spacial score (nSPS) is 13.5. The zero-order valence-corrected chi connectivity index (χ0v) is 24.1. The number of nitrogens with one attached hydrogen (secondary N) is 1. The number of thioether (sulfide) groups is 1. The number of hydrogen-bond acceptors (Lipinski definition) is 9. The molecule has 0 aliphatic carbocycles. The monoisotopic (exact) mass is 617 g/mol. The molecule has 1 N–H and O–H groups in total. The van der Waals surface area contributed by atoms with Crippen molar-refractivity contribution in [2.45, 2.75) is 30.5 Å². The van der Waals surface area contributed by atoms with E-state index < -0.39 is 0 Å². The van der Waals surface area contributed by atoms with Gasteiger partial charge in [0.05, 0.1) is 23.0 Å². The number of rotatable bonds is 11. The van der Waals surface area contributed by atoms with Gasteiger partial charge in [0.25, 0.3) is 11.8 Å². The van der Waals surface area contributed by atoms with E-state index in [4.69, 9.17) is 9.47 Å². The summed E-state index contributed by atoms with van der Waals surface area (Å²) < 4.78 is 12.9. The molecule has 2 heterocycles.